The highest BCUT2D eigenvalue weighted by Crippen LogP contribution is 2.46. The Kier molecular flexibility index (Phi) is 6.96. The second kappa shape index (κ2) is 9.96. The fraction of sp³-hybridized carbons (Fsp3) is 0.346. The number of halogens is 3. The Morgan fingerprint density at radius 2 is 1.82 bits per heavy atom. The Morgan fingerprint density at radius 3 is 2.56 bits per heavy atom. The fourth-order valence-corrected chi connectivity index (χ4v) is 6.87. The molecular formula is C26H25Br2ClN3O2+. The van der Waals surface area contributed by atoms with Gasteiger partial charge in [-0.3, -0.25) is 15.0 Å². The topological polar surface area (TPSA) is 57.3 Å². The lowest BCUT2D eigenvalue weighted by Gasteiger charge is -2.37. The van der Waals surface area contributed by atoms with E-state index in [1.807, 2.05) is 17.2 Å². The molecule has 34 heavy (non-hydrogen) atoms. The zero-order valence-corrected chi connectivity index (χ0v) is 22.5. The monoisotopic (exact) mass is 604 g/mol. The number of pyridine rings is 2. The normalized spacial score (nSPS) is 18.2. The molecule has 0 saturated carbocycles. The van der Waals surface area contributed by atoms with Crippen molar-refractivity contribution in [1.82, 2.24) is 9.88 Å². The van der Waals surface area contributed by atoms with Gasteiger partial charge in [0.2, 0.25) is 18.3 Å². The van der Waals surface area contributed by atoms with Crippen LogP contribution < -0.4 is 4.73 Å². The zero-order chi connectivity index (χ0) is 23.8. The third-order valence-electron chi connectivity index (χ3n) is 7.02. The molecule has 1 amide bonds. The Labute approximate surface area is 221 Å². The molecule has 1 saturated heterocycles. The summed E-state index contributed by atoms with van der Waals surface area (Å²) in [6.07, 6.45) is 9.05. The molecule has 5 rings (SSSR count). The number of hydrogen-bond acceptors (Lipinski definition) is 3. The first kappa shape index (κ1) is 23.8. The molecule has 1 fully saturated rings. The standard InChI is InChI=1S/C26H25Br2ClN3O2/c27-20-12-19-2-1-18-13-21(29)14-22(28)24(18)25(26(19)30-15-20)17-5-7-31(8-6-17)23(33)11-16-3-9-32(34)10-4-16/h3-4,9-10,12-15,17,25,34H,1-2,5-8,11H2/q+1. The number of fused-ring (bicyclic) bond motifs is 2. The molecule has 0 bridgehead atoms. The third kappa shape index (κ3) is 4.88. The first-order valence-corrected chi connectivity index (χ1v) is 13.4. The van der Waals surface area contributed by atoms with Crippen molar-refractivity contribution >= 4 is 49.4 Å². The van der Waals surface area contributed by atoms with Gasteiger partial charge >= 0.3 is 0 Å². The quantitative estimate of drug-likeness (QED) is 0.317. The number of carbonyl (C=O) groups is 1. The van der Waals surface area contributed by atoms with Crippen LogP contribution in [-0.4, -0.2) is 34.1 Å². The van der Waals surface area contributed by atoms with Crippen molar-refractivity contribution in [2.45, 2.75) is 38.0 Å². The summed E-state index contributed by atoms with van der Waals surface area (Å²) < 4.78 is 3.03. The van der Waals surface area contributed by atoms with Crippen LogP contribution in [0.4, 0.5) is 0 Å². The number of nitrogens with zero attached hydrogens (tertiary/aromatic N) is 3. The first-order valence-electron chi connectivity index (χ1n) is 11.5. The van der Waals surface area contributed by atoms with Crippen molar-refractivity contribution in [3.63, 3.8) is 0 Å². The van der Waals surface area contributed by atoms with Gasteiger partial charge in [0, 0.05) is 56.0 Å². The molecule has 176 valence electrons. The highest BCUT2D eigenvalue weighted by Gasteiger charge is 2.36. The maximum Gasteiger partial charge on any atom is 0.226 e. The van der Waals surface area contributed by atoms with Gasteiger partial charge < -0.3 is 4.90 Å². The van der Waals surface area contributed by atoms with Crippen LogP contribution in [0.5, 0.6) is 0 Å². The van der Waals surface area contributed by atoms with Gasteiger partial charge in [-0.1, -0.05) is 27.5 Å². The lowest BCUT2D eigenvalue weighted by atomic mass is 9.76. The van der Waals surface area contributed by atoms with Gasteiger partial charge in [-0.2, -0.15) is 0 Å². The minimum atomic E-state index is 0.130. The highest BCUT2D eigenvalue weighted by molar-refractivity contribution is 9.10. The van der Waals surface area contributed by atoms with Crippen LogP contribution in [0.15, 0.2) is 57.9 Å². The molecule has 0 radical (unpaired) electrons. The van der Waals surface area contributed by atoms with Gasteiger partial charge in [0.05, 0.1) is 12.1 Å². The summed E-state index contributed by atoms with van der Waals surface area (Å²) in [5, 5.41) is 10.2. The van der Waals surface area contributed by atoms with Crippen LogP contribution in [0.1, 0.15) is 46.7 Å². The van der Waals surface area contributed by atoms with Crippen LogP contribution in [0.2, 0.25) is 5.02 Å². The van der Waals surface area contributed by atoms with E-state index in [0.29, 0.717) is 12.3 Å². The van der Waals surface area contributed by atoms with E-state index in [4.69, 9.17) is 16.6 Å². The molecule has 1 aromatic carbocycles. The van der Waals surface area contributed by atoms with Crippen LogP contribution in [0, 0.1) is 5.92 Å². The molecule has 0 spiro atoms. The van der Waals surface area contributed by atoms with E-state index in [9.17, 15) is 10.0 Å². The number of piperidine rings is 1. The zero-order valence-electron chi connectivity index (χ0n) is 18.6. The van der Waals surface area contributed by atoms with Crippen LogP contribution in [0.25, 0.3) is 0 Å². The molecule has 5 nitrogen and oxygen atoms in total. The summed E-state index contributed by atoms with van der Waals surface area (Å²) in [5.74, 6) is 0.681. The van der Waals surface area contributed by atoms with Gasteiger partial charge in [-0.15, -0.1) is 0 Å². The average molecular weight is 607 g/mol. The number of rotatable bonds is 3. The lowest BCUT2D eigenvalue weighted by molar-refractivity contribution is -0.904. The fourth-order valence-electron chi connectivity index (χ4n) is 5.37. The van der Waals surface area contributed by atoms with E-state index >= 15 is 0 Å². The summed E-state index contributed by atoms with van der Waals surface area (Å²) in [7, 11) is 0. The van der Waals surface area contributed by atoms with Gasteiger partial charge in [-0.05, 0) is 88.0 Å². The van der Waals surface area contributed by atoms with E-state index in [1.165, 1.54) is 16.7 Å². The third-order valence-corrected chi connectivity index (χ3v) is 8.33. The molecule has 1 unspecified atom stereocenters. The molecule has 1 N–H and O–H groups in total. The molecule has 3 aromatic rings. The van der Waals surface area contributed by atoms with Crippen molar-refractivity contribution < 1.29 is 14.7 Å². The summed E-state index contributed by atoms with van der Waals surface area (Å²) in [6, 6.07) is 9.84. The summed E-state index contributed by atoms with van der Waals surface area (Å²) >= 11 is 13.8. The largest absolute Gasteiger partial charge is 0.342 e. The molecule has 1 aliphatic heterocycles. The molecule has 1 aliphatic carbocycles. The first-order chi connectivity index (χ1) is 16.4. The Morgan fingerprint density at radius 1 is 1.12 bits per heavy atom. The Bertz CT molecular complexity index is 1230. The summed E-state index contributed by atoms with van der Waals surface area (Å²) in [5.41, 5.74) is 5.91. The van der Waals surface area contributed by atoms with E-state index in [1.54, 1.807) is 24.5 Å². The van der Waals surface area contributed by atoms with E-state index in [-0.39, 0.29) is 11.8 Å². The number of aromatic nitrogens is 2. The Hall–Kier alpha value is -1.96. The molecule has 2 aliphatic rings. The van der Waals surface area contributed by atoms with E-state index < -0.39 is 0 Å². The number of likely N-dealkylation sites (tertiary alicyclic amines) is 1. The number of benzene rings is 1. The maximum atomic E-state index is 12.9. The van der Waals surface area contributed by atoms with Crippen molar-refractivity contribution in [3.05, 3.63) is 90.8 Å². The second-order valence-corrected chi connectivity index (χ2v) is 11.3. The molecule has 2 aromatic heterocycles. The molecular weight excluding hydrogens is 582 g/mol. The summed E-state index contributed by atoms with van der Waals surface area (Å²) in [6.45, 7) is 1.47. The van der Waals surface area contributed by atoms with Crippen LogP contribution in [0.3, 0.4) is 0 Å². The van der Waals surface area contributed by atoms with Crippen molar-refractivity contribution in [2.75, 3.05) is 13.1 Å². The van der Waals surface area contributed by atoms with Crippen molar-refractivity contribution in [2.24, 2.45) is 5.92 Å². The average Bonchev–Trinajstić information content (AvgIpc) is 2.97. The number of carbonyl (C=O) groups excluding carboxylic acids is 1. The predicted octanol–water partition coefficient (Wildman–Crippen LogP) is 5.50. The molecule has 1 atom stereocenters. The van der Waals surface area contributed by atoms with Gasteiger partial charge in [0.25, 0.3) is 0 Å². The Balaban J connectivity index is 1.40. The SMILES string of the molecule is O=C(Cc1cc[n+](O)cc1)N1CCC(C2c3ncc(Br)cc3CCc3cc(Cl)cc(Br)c32)CC1. The van der Waals surface area contributed by atoms with E-state index in [2.05, 4.69) is 44.0 Å². The number of aryl methyl sites for hydroxylation is 2. The predicted molar refractivity (Wildman–Crippen MR) is 137 cm³/mol. The van der Waals surface area contributed by atoms with Gasteiger partial charge in [0.15, 0.2) is 0 Å². The van der Waals surface area contributed by atoms with Crippen LogP contribution >= 0.6 is 43.5 Å². The number of hydrogen-bond donors (Lipinski definition) is 1. The second-order valence-electron chi connectivity index (χ2n) is 9.12. The van der Waals surface area contributed by atoms with Crippen molar-refractivity contribution in [3.8, 4) is 0 Å². The van der Waals surface area contributed by atoms with Gasteiger partial charge in [-0.25, -0.2) is 0 Å². The lowest BCUT2D eigenvalue weighted by Crippen LogP contribution is -2.41. The van der Waals surface area contributed by atoms with Gasteiger partial charge in [0.1, 0.15) is 0 Å². The molecule has 8 heteroatoms. The summed E-state index contributed by atoms with van der Waals surface area (Å²) in [4.78, 5) is 19.8. The van der Waals surface area contributed by atoms with Crippen LogP contribution in [-0.2, 0) is 24.1 Å². The maximum absolute atomic E-state index is 12.9. The minimum Gasteiger partial charge on any atom is -0.342 e. The molecule has 3 heterocycles. The van der Waals surface area contributed by atoms with E-state index in [0.717, 1.165) is 68.7 Å². The van der Waals surface area contributed by atoms with Crippen molar-refractivity contribution in [1.29, 1.82) is 0 Å². The smallest absolute Gasteiger partial charge is 0.226 e. The number of amides is 1. The highest BCUT2D eigenvalue weighted by atomic mass is 79.9. The minimum absolute atomic E-state index is 0.130.